The van der Waals surface area contributed by atoms with E-state index in [2.05, 4.69) is 65.2 Å². The summed E-state index contributed by atoms with van der Waals surface area (Å²) >= 11 is 0. The van der Waals surface area contributed by atoms with Crippen molar-refractivity contribution >= 4 is 17.5 Å². The molecule has 0 saturated heterocycles. The molecule has 0 bridgehead atoms. The summed E-state index contributed by atoms with van der Waals surface area (Å²) in [5, 5.41) is 3.03. The molecule has 0 fully saturated rings. The Labute approximate surface area is 171 Å². The molecule has 4 rings (SSSR count). The predicted octanol–water partition coefficient (Wildman–Crippen LogP) is 4.59. The molecule has 0 atom stereocenters. The number of amides is 1. The average molecular weight is 386 g/mol. The third kappa shape index (κ3) is 4.14. The number of para-hydroxylation sites is 1. The fourth-order valence-corrected chi connectivity index (χ4v) is 3.73. The molecule has 1 aliphatic rings. The largest absolute Gasteiger partial charge is 0.336 e. The van der Waals surface area contributed by atoms with Crippen LogP contribution in [0.15, 0.2) is 60.8 Å². The van der Waals surface area contributed by atoms with E-state index in [1.165, 1.54) is 11.1 Å². The van der Waals surface area contributed by atoms with Gasteiger partial charge < -0.3 is 10.2 Å². The van der Waals surface area contributed by atoms with Crippen LogP contribution in [0.4, 0.5) is 11.6 Å². The molecule has 29 heavy (non-hydrogen) atoms. The number of hydrogen-bond donors (Lipinski definition) is 1. The predicted molar refractivity (Wildman–Crippen MR) is 116 cm³/mol. The van der Waals surface area contributed by atoms with Crippen LogP contribution < -0.4 is 10.2 Å². The lowest BCUT2D eigenvalue weighted by Gasteiger charge is -2.28. The Hall–Kier alpha value is -3.21. The smallest absolute Gasteiger partial charge is 0.274 e. The number of hydrogen-bond acceptors (Lipinski definition) is 4. The molecule has 1 N–H and O–H groups in total. The summed E-state index contributed by atoms with van der Waals surface area (Å²) in [5.74, 6) is 0.374. The lowest BCUT2D eigenvalue weighted by Crippen LogP contribution is -2.32. The lowest BCUT2D eigenvalue weighted by molar-refractivity contribution is 0.102. The molecular weight excluding hydrogens is 360 g/mol. The van der Waals surface area contributed by atoms with Gasteiger partial charge in [0.25, 0.3) is 5.91 Å². The Morgan fingerprint density at radius 1 is 1.00 bits per heavy atom. The van der Waals surface area contributed by atoms with Gasteiger partial charge in [-0.2, -0.15) is 0 Å². The molecule has 2 aromatic carbocycles. The van der Waals surface area contributed by atoms with Gasteiger partial charge >= 0.3 is 0 Å². The molecule has 1 aromatic heterocycles. The standard InChI is InChI=1S/C24H26N4O/c1-24(2,3)19-10-6-7-11-20(19)26-22(29)21-12-14-25-23(27-21)28-15-13-17-8-4-5-9-18(17)16-28/h4-12,14H,13,15-16H2,1-3H3,(H,26,29). The monoisotopic (exact) mass is 386 g/mol. The van der Waals surface area contributed by atoms with Crippen molar-refractivity contribution in [3.05, 3.63) is 83.2 Å². The van der Waals surface area contributed by atoms with Gasteiger partial charge in [0.1, 0.15) is 5.69 Å². The summed E-state index contributed by atoms with van der Waals surface area (Å²) in [6.45, 7) is 8.00. The Morgan fingerprint density at radius 3 is 2.52 bits per heavy atom. The number of anilines is 2. The maximum Gasteiger partial charge on any atom is 0.274 e. The second-order valence-corrected chi connectivity index (χ2v) is 8.43. The fraction of sp³-hybridized carbons (Fsp3) is 0.292. The molecule has 0 unspecified atom stereocenters. The first-order valence-corrected chi connectivity index (χ1v) is 9.97. The Balaban J connectivity index is 1.55. The Bertz CT molecular complexity index is 1040. The molecule has 3 aromatic rings. The van der Waals surface area contributed by atoms with Gasteiger partial charge in [0.15, 0.2) is 0 Å². The number of rotatable bonds is 3. The Morgan fingerprint density at radius 2 is 1.72 bits per heavy atom. The van der Waals surface area contributed by atoms with Crippen LogP contribution in [0.2, 0.25) is 0 Å². The second-order valence-electron chi connectivity index (χ2n) is 8.43. The van der Waals surface area contributed by atoms with Crippen LogP contribution in [-0.2, 0) is 18.4 Å². The van der Waals surface area contributed by atoms with Crippen molar-refractivity contribution < 1.29 is 4.79 Å². The van der Waals surface area contributed by atoms with Gasteiger partial charge in [-0.05, 0) is 40.7 Å². The summed E-state index contributed by atoms with van der Waals surface area (Å²) in [6, 6.07) is 18.0. The highest BCUT2D eigenvalue weighted by molar-refractivity contribution is 6.03. The number of aromatic nitrogens is 2. The molecule has 5 heteroatoms. The summed E-state index contributed by atoms with van der Waals surface area (Å²) in [7, 11) is 0. The van der Waals surface area contributed by atoms with Crippen LogP contribution in [0.25, 0.3) is 0 Å². The topological polar surface area (TPSA) is 58.1 Å². The molecule has 148 valence electrons. The van der Waals surface area contributed by atoms with Crippen molar-refractivity contribution in [2.24, 2.45) is 0 Å². The van der Waals surface area contributed by atoms with E-state index in [9.17, 15) is 4.79 Å². The SMILES string of the molecule is CC(C)(C)c1ccccc1NC(=O)c1ccnc(N2CCc3ccccc3C2)n1. The minimum absolute atomic E-state index is 0.0676. The third-order valence-electron chi connectivity index (χ3n) is 5.27. The van der Waals surface area contributed by atoms with Crippen LogP contribution in [0.5, 0.6) is 0 Å². The highest BCUT2D eigenvalue weighted by Gasteiger charge is 2.21. The van der Waals surface area contributed by atoms with E-state index in [1.54, 1.807) is 12.3 Å². The van der Waals surface area contributed by atoms with Crippen molar-refractivity contribution in [2.45, 2.75) is 39.2 Å². The van der Waals surface area contributed by atoms with E-state index in [0.29, 0.717) is 11.6 Å². The van der Waals surface area contributed by atoms with Gasteiger partial charge in [-0.1, -0.05) is 63.2 Å². The van der Waals surface area contributed by atoms with Crippen LogP contribution in [-0.4, -0.2) is 22.4 Å². The van der Waals surface area contributed by atoms with Gasteiger partial charge in [-0.25, -0.2) is 9.97 Å². The van der Waals surface area contributed by atoms with Gasteiger partial charge in [0.2, 0.25) is 5.95 Å². The summed E-state index contributed by atoms with van der Waals surface area (Å²) < 4.78 is 0. The lowest BCUT2D eigenvalue weighted by atomic mass is 9.86. The van der Waals surface area contributed by atoms with E-state index < -0.39 is 0 Å². The third-order valence-corrected chi connectivity index (χ3v) is 5.27. The Kier molecular flexibility index (Phi) is 5.05. The van der Waals surface area contributed by atoms with Gasteiger partial charge in [0, 0.05) is 25.0 Å². The van der Waals surface area contributed by atoms with Crippen molar-refractivity contribution in [1.82, 2.24) is 9.97 Å². The van der Waals surface area contributed by atoms with Crippen LogP contribution in [0, 0.1) is 0 Å². The van der Waals surface area contributed by atoms with Crippen LogP contribution in [0.3, 0.4) is 0 Å². The van der Waals surface area contributed by atoms with Crippen molar-refractivity contribution in [3.8, 4) is 0 Å². The first-order valence-electron chi connectivity index (χ1n) is 9.97. The molecule has 0 aliphatic carbocycles. The van der Waals surface area contributed by atoms with Crippen molar-refractivity contribution in [1.29, 1.82) is 0 Å². The number of fused-ring (bicyclic) bond motifs is 1. The zero-order chi connectivity index (χ0) is 20.4. The van der Waals surface area contributed by atoms with Gasteiger partial charge in [0.05, 0.1) is 0 Å². The number of nitrogens with one attached hydrogen (secondary N) is 1. The molecular formula is C24H26N4O. The second kappa shape index (κ2) is 7.66. The molecule has 1 amide bonds. The van der Waals surface area contributed by atoms with Crippen LogP contribution in [0.1, 0.15) is 48.0 Å². The fourth-order valence-electron chi connectivity index (χ4n) is 3.73. The van der Waals surface area contributed by atoms with Gasteiger partial charge in [-0.3, -0.25) is 4.79 Å². The maximum absolute atomic E-state index is 12.9. The zero-order valence-electron chi connectivity index (χ0n) is 17.1. The number of nitrogens with zero attached hydrogens (tertiary/aromatic N) is 3. The van der Waals surface area contributed by atoms with Gasteiger partial charge in [-0.15, -0.1) is 0 Å². The first kappa shape index (κ1) is 19.1. The minimum Gasteiger partial charge on any atom is -0.336 e. The zero-order valence-corrected chi connectivity index (χ0v) is 17.1. The molecule has 1 aliphatic heterocycles. The van der Waals surface area contributed by atoms with E-state index >= 15 is 0 Å². The van der Waals surface area contributed by atoms with E-state index in [0.717, 1.165) is 30.8 Å². The van der Waals surface area contributed by atoms with Crippen molar-refractivity contribution in [2.75, 3.05) is 16.8 Å². The number of carbonyl (C=O) groups is 1. The molecule has 0 spiro atoms. The van der Waals surface area contributed by atoms with E-state index in [1.807, 2.05) is 24.3 Å². The molecule has 0 radical (unpaired) electrons. The van der Waals surface area contributed by atoms with E-state index in [4.69, 9.17) is 0 Å². The molecule has 0 saturated carbocycles. The summed E-state index contributed by atoms with van der Waals surface area (Å²) in [6.07, 6.45) is 2.61. The summed E-state index contributed by atoms with van der Waals surface area (Å²) in [5.41, 5.74) is 4.87. The summed E-state index contributed by atoms with van der Waals surface area (Å²) in [4.78, 5) is 24.0. The average Bonchev–Trinajstić information content (AvgIpc) is 2.73. The maximum atomic E-state index is 12.9. The van der Waals surface area contributed by atoms with Crippen LogP contribution >= 0.6 is 0 Å². The highest BCUT2D eigenvalue weighted by Crippen LogP contribution is 2.29. The normalized spacial score (nSPS) is 13.7. The molecule has 2 heterocycles. The molecule has 5 nitrogen and oxygen atoms in total. The van der Waals surface area contributed by atoms with Crippen molar-refractivity contribution in [3.63, 3.8) is 0 Å². The first-order chi connectivity index (χ1) is 13.9. The quantitative estimate of drug-likeness (QED) is 0.715. The minimum atomic E-state index is -0.220. The highest BCUT2D eigenvalue weighted by atomic mass is 16.1. The van der Waals surface area contributed by atoms with E-state index in [-0.39, 0.29) is 11.3 Å². The number of benzene rings is 2. The number of carbonyl (C=O) groups excluding carboxylic acids is 1.